The van der Waals surface area contributed by atoms with Gasteiger partial charge in [-0.3, -0.25) is 14.9 Å². The summed E-state index contributed by atoms with van der Waals surface area (Å²) in [6, 6.07) is 9.21. The highest BCUT2D eigenvalue weighted by Crippen LogP contribution is 2.27. The Morgan fingerprint density at radius 3 is 2.46 bits per heavy atom. The zero-order valence-corrected chi connectivity index (χ0v) is 14.5. The van der Waals surface area contributed by atoms with E-state index >= 15 is 0 Å². The second-order valence-corrected chi connectivity index (χ2v) is 6.96. The lowest BCUT2D eigenvalue weighted by Crippen LogP contribution is -2.48. The Morgan fingerprint density at radius 1 is 1.12 bits per heavy atom. The van der Waals surface area contributed by atoms with Crippen molar-refractivity contribution in [2.75, 3.05) is 31.1 Å². The molecular formula is C17H19N3O3S. The highest BCUT2D eigenvalue weighted by Gasteiger charge is 2.25. The lowest BCUT2D eigenvalue weighted by atomic mass is 10.1. The maximum absolute atomic E-state index is 12.5. The summed E-state index contributed by atoms with van der Waals surface area (Å²) in [6.07, 6.45) is 0. The van der Waals surface area contributed by atoms with Gasteiger partial charge < -0.3 is 9.80 Å². The molecule has 0 aliphatic carbocycles. The lowest BCUT2D eigenvalue weighted by molar-refractivity contribution is -0.380. The average Bonchev–Trinajstić information content (AvgIpc) is 3.07. The second-order valence-electron chi connectivity index (χ2n) is 5.89. The highest BCUT2D eigenvalue weighted by molar-refractivity contribution is 7.17. The zero-order valence-electron chi connectivity index (χ0n) is 13.7. The Balaban J connectivity index is 1.67. The number of benzene rings is 1. The average molecular weight is 345 g/mol. The number of hydrogen-bond acceptors (Lipinski definition) is 5. The Morgan fingerprint density at radius 2 is 1.83 bits per heavy atom. The van der Waals surface area contributed by atoms with Gasteiger partial charge in [0.1, 0.15) is 0 Å². The predicted molar refractivity (Wildman–Crippen MR) is 95.0 cm³/mol. The molecule has 1 aromatic heterocycles. The third kappa shape index (κ3) is 3.12. The first-order chi connectivity index (χ1) is 11.5. The molecule has 2 heterocycles. The third-order valence-corrected chi connectivity index (χ3v) is 5.49. The van der Waals surface area contributed by atoms with Crippen molar-refractivity contribution in [1.29, 1.82) is 0 Å². The number of anilines is 1. The molecule has 1 aliphatic rings. The summed E-state index contributed by atoms with van der Waals surface area (Å²) in [5, 5.41) is 10.8. The van der Waals surface area contributed by atoms with Gasteiger partial charge in [-0.2, -0.15) is 0 Å². The maximum Gasteiger partial charge on any atom is 0.324 e. The van der Waals surface area contributed by atoms with Crippen LogP contribution in [0.3, 0.4) is 0 Å². The SMILES string of the molecule is Cc1cccc(N2CCN(C(=O)c3ccc([N+](=O)[O-])s3)CC2)c1C. The molecule has 24 heavy (non-hydrogen) atoms. The maximum atomic E-state index is 12.5. The van der Waals surface area contributed by atoms with Crippen molar-refractivity contribution >= 4 is 27.9 Å². The Labute approximate surface area is 144 Å². The monoisotopic (exact) mass is 345 g/mol. The van der Waals surface area contributed by atoms with Crippen molar-refractivity contribution in [3.63, 3.8) is 0 Å². The van der Waals surface area contributed by atoms with E-state index in [2.05, 4.69) is 36.9 Å². The molecule has 0 bridgehead atoms. The van der Waals surface area contributed by atoms with E-state index in [1.54, 1.807) is 11.0 Å². The molecule has 0 unspecified atom stereocenters. The summed E-state index contributed by atoms with van der Waals surface area (Å²) in [6.45, 7) is 7.00. The lowest BCUT2D eigenvalue weighted by Gasteiger charge is -2.36. The normalized spacial score (nSPS) is 14.8. The number of carbonyl (C=O) groups is 1. The molecule has 0 radical (unpaired) electrons. The van der Waals surface area contributed by atoms with Gasteiger partial charge in [-0.1, -0.05) is 23.5 Å². The van der Waals surface area contributed by atoms with Gasteiger partial charge in [-0.25, -0.2) is 0 Å². The van der Waals surface area contributed by atoms with E-state index in [1.165, 1.54) is 22.9 Å². The summed E-state index contributed by atoms with van der Waals surface area (Å²) < 4.78 is 0. The molecule has 1 saturated heterocycles. The van der Waals surface area contributed by atoms with Gasteiger partial charge in [-0.05, 0) is 37.1 Å². The fourth-order valence-corrected chi connectivity index (χ4v) is 3.71. The van der Waals surface area contributed by atoms with Crippen molar-refractivity contribution < 1.29 is 9.72 Å². The fourth-order valence-electron chi connectivity index (χ4n) is 2.93. The van der Waals surface area contributed by atoms with Crippen LogP contribution in [0.15, 0.2) is 30.3 Å². The van der Waals surface area contributed by atoms with Gasteiger partial charge in [0.05, 0.1) is 9.80 Å². The second kappa shape index (κ2) is 6.60. The Hall–Kier alpha value is -2.41. The minimum absolute atomic E-state index is 0.00683. The molecule has 6 nitrogen and oxygen atoms in total. The summed E-state index contributed by atoms with van der Waals surface area (Å²) in [4.78, 5) is 27.3. The van der Waals surface area contributed by atoms with Crippen LogP contribution in [0.5, 0.6) is 0 Å². The van der Waals surface area contributed by atoms with Gasteiger partial charge in [0.15, 0.2) is 0 Å². The van der Waals surface area contributed by atoms with Crippen LogP contribution < -0.4 is 4.90 Å². The van der Waals surface area contributed by atoms with Gasteiger partial charge in [0.25, 0.3) is 5.91 Å². The van der Waals surface area contributed by atoms with Crippen LogP contribution in [0.25, 0.3) is 0 Å². The van der Waals surface area contributed by atoms with E-state index in [-0.39, 0.29) is 10.9 Å². The van der Waals surface area contributed by atoms with Crippen molar-refractivity contribution in [3.8, 4) is 0 Å². The number of aryl methyl sites for hydroxylation is 1. The number of thiophene rings is 1. The molecule has 0 atom stereocenters. The first-order valence-corrected chi connectivity index (χ1v) is 8.63. The molecule has 126 valence electrons. The van der Waals surface area contributed by atoms with Crippen molar-refractivity contribution in [3.05, 3.63) is 56.5 Å². The molecule has 0 N–H and O–H groups in total. The van der Waals surface area contributed by atoms with E-state index < -0.39 is 4.92 Å². The Bertz CT molecular complexity index is 779. The number of amides is 1. The van der Waals surface area contributed by atoms with E-state index in [4.69, 9.17) is 0 Å². The summed E-state index contributed by atoms with van der Waals surface area (Å²) >= 11 is 0.940. The minimum atomic E-state index is -0.458. The highest BCUT2D eigenvalue weighted by atomic mass is 32.1. The largest absolute Gasteiger partial charge is 0.368 e. The molecule has 0 spiro atoms. The number of hydrogen-bond donors (Lipinski definition) is 0. The number of rotatable bonds is 3. The number of nitrogens with zero attached hydrogens (tertiary/aromatic N) is 3. The van der Waals surface area contributed by atoms with Gasteiger partial charge in [-0.15, -0.1) is 0 Å². The van der Waals surface area contributed by atoms with Crippen LogP contribution in [0, 0.1) is 24.0 Å². The molecule has 2 aromatic rings. The van der Waals surface area contributed by atoms with Gasteiger partial charge in [0, 0.05) is 37.9 Å². The van der Waals surface area contributed by atoms with Crippen molar-refractivity contribution in [2.45, 2.75) is 13.8 Å². The van der Waals surface area contributed by atoms with E-state index in [0.717, 1.165) is 24.4 Å². The number of piperazine rings is 1. The van der Waals surface area contributed by atoms with Crippen LogP contribution in [-0.4, -0.2) is 41.9 Å². The van der Waals surface area contributed by atoms with Crippen LogP contribution in [0.2, 0.25) is 0 Å². The first kappa shape index (κ1) is 16.4. The smallest absolute Gasteiger partial charge is 0.324 e. The molecule has 0 saturated carbocycles. The Kier molecular flexibility index (Phi) is 4.53. The van der Waals surface area contributed by atoms with Crippen molar-refractivity contribution in [1.82, 2.24) is 4.90 Å². The standard InChI is InChI=1S/C17H19N3O3S/c1-12-4-3-5-14(13(12)2)18-8-10-19(11-9-18)17(21)15-6-7-16(24-15)20(22)23/h3-7H,8-11H2,1-2H3. The molecule has 1 amide bonds. The summed E-state index contributed by atoms with van der Waals surface area (Å²) in [5.41, 5.74) is 3.75. The summed E-state index contributed by atoms with van der Waals surface area (Å²) in [7, 11) is 0. The van der Waals surface area contributed by atoms with Crippen molar-refractivity contribution in [2.24, 2.45) is 0 Å². The third-order valence-electron chi connectivity index (χ3n) is 4.47. The molecule has 3 rings (SSSR count). The van der Waals surface area contributed by atoms with E-state index in [9.17, 15) is 14.9 Å². The number of nitro groups is 1. The molecule has 7 heteroatoms. The minimum Gasteiger partial charge on any atom is -0.368 e. The van der Waals surface area contributed by atoms with Crippen LogP contribution >= 0.6 is 11.3 Å². The first-order valence-electron chi connectivity index (χ1n) is 7.82. The van der Waals surface area contributed by atoms with E-state index in [0.29, 0.717) is 18.0 Å². The fraction of sp³-hybridized carbons (Fsp3) is 0.353. The van der Waals surface area contributed by atoms with Gasteiger partial charge >= 0.3 is 5.00 Å². The molecular weight excluding hydrogens is 326 g/mol. The quantitative estimate of drug-likeness (QED) is 0.633. The van der Waals surface area contributed by atoms with E-state index in [1.807, 2.05) is 0 Å². The zero-order chi connectivity index (χ0) is 17.3. The molecule has 1 aromatic carbocycles. The predicted octanol–water partition coefficient (Wildman–Crippen LogP) is 3.24. The molecule has 1 aliphatic heterocycles. The topological polar surface area (TPSA) is 66.7 Å². The summed E-state index contributed by atoms with van der Waals surface area (Å²) in [5.74, 6) is -0.117. The molecule has 1 fully saturated rings. The van der Waals surface area contributed by atoms with Crippen LogP contribution in [0.4, 0.5) is 10.7 Å². The van der Waals surface area contributed by atoms with Crippen LogP contribution in [0.1, 0.15) is 20.8 Å². The number of carbonyl (C=O) groups excluding carboxylic acids is 1. The van der Waals surface area contributed by atoms with Gasteiger partial charge in [0.2, 0.25) is 0 Å². The van der Waals surface area contributed by atoms with Crippen LogP contribution in [-0.2, 0) is 0 Å².